The van der Waals surface area contributed by atoms with Crippen molar-refractivity contribution in [2.45, 2.75) is 55.2 Å². The minimum absolute atomic E-state index is 0.155. The second-order valence-corrected chi connectivity index (χ2v) is 7.76. The van der Waals surface area contributed by atoms with Crippen molar-refractivity contribution in [2.24, 2.45) is 0 Å². The van der Waals surface area contributed by atoms with E-state index in [0.717, 1.165) is 37.9 Å². The maximum atomic E-state index is 13.8. The Labute approximate surface area is 124 Å². The van der Waals surface area contributed by atoms with Gasteiger partial charge in [0.1, 0.15) is 16.5 Å². The lowest BCUT2D eigenvalue weighted by Gasteiger charge is -2.29. The molecule has 118 valence electrons. The van der Waals surface area contributed by atoms with Crippen LogP contribution in [0.1, 0.15) is 39.0 Å². The zero-order chi connectivity index (χ0) is 15.5. The first kappa shape index (κ1) is 16.4. The topological polar surface area (TPSA) is 46.2 Å². The van der Waals surface area contributed by atoms with E-state index in [0.29, 0.717) is 18.9 Å². The predicted octanol–water partition coefficient (Wildman–Crippen LogP) is 3.05. The van der Waals surface area contributed by atoms with E-state index in [9.17, 15) is 17.2 Å². The molecule has 2 rings (SSSR count). The van der Waals surface area contributed by atoms with Crippen LogP contribution in [0.2, 0.25) is 0 Å². The molecule has 1 aliphatic carbocycles. The van der Waals surface area contributed by atoms with Gasteiger partial charge in [-0.1, -0.05) is 13.3 Å². The number of halogens is 2. The second kappa shape index (κ2) is 6.83. The molecule has 1 saturated carbocycles. The highest BCUT2D eigenvalue weighted by atomic mass is 32.2. The molecule has 1 N–H and O–H groups in total. The lowest BCUT2D eigenvalue weighted by Crippen LogP contribution is -2.39. The molecule has 0 radical (unpaired) electrons. The summed E-state index contributed by atoms with van der Waals surface area (Å²) in [6, 6.07) is 2.80. The molecule has 1 aliphatic rings. The summed E-state index contributed by atoms with van der Waals surface area (Å²) in [5.41, 5.74) is 0. The number of hydrogen-bond donors (Lipinski definition) is 1. The standard InChI is InChI=1S/C15H21F2NO2S/c1-2-8-18-12-4-3-5-13(10-12)21(19,20)15-7-6-11(16)9-14(15)17/h6-7,9,12-13,18H,2-5,8,10H2,1H3. The number of nitrogens with one attached hydrogen (secondary N) is 1. The largest absolute Gasteiger partial charge is 0.314 e. The lowest BCUT2D eigenvalue weighted by atomic mass is 9.95. The van der Waals surface area contributed by atoms with E-state index >= 15 is 0 Å². The van der Waals surface area contributed by atoms with Gasteiger partial charge < -0.3 is 5.32 Å². The Hall–Kier alpha value is -1.01. The molecule has 0 heterocycles. The third kappa shape index (κ3) is 3.80. The summed E-state index contributed by atoms with van der Waals surface area (Å²) < 4.78 is 51.8. The molecular weight excluding hydrogens is 296 g/mol. The van der Waals surface area contributed by atoms with Gasteiger partial charge in [0.15, 0.2) is 9.84 Å². The summed E-state index contributed by atoms with van der Waals surface area (Å²) in [6.07, 6.45) is 3.75. The van der Waals surface area contributed by atoms with E-state index in [1.807, 2.05) is 0 Å². The van der Waals surface area contributed by atoms with Crippen LogP contribution in [0, 0.1) is 11.6 Å². The van der Waals surface area contributed by atoms with Crippen molar-refractivity contribution in [3.8, 4) is 0 Å². The van der Waals surface area contributed by atoms with Crippen LogP contribution in [0.25, 0.3) is 0 Å². The van der Waals surface area contributed by atoms with Crippen LogP contribution in [0.5, 0.6) is 0 Å². The van der Waals surface area contributed by atoms with Crippen molar-refractivity contribution >= 4 is 9.84 Å². The zero-order valence-electron chi connectivity index (χ0n) is 12.1. The Kier molecular flexibility index (Phi) is 5.32. The fraction of sp³-hybridized carbons (Fsp3) is 0.600. The van der Waals surface area contributed by atoms with Crippen LogP contribution in [0.3, 0.4) is 0 Å². The quantitative estimate of drug-likeness (QED) is 0.849. The Bertz CT molecular complexity index is 589. The van der Waals surface area contributed by atoms with Crippen molar-refractivity contribution in [1.29, 1.82) is 0 Å². The van der Waals surface area contributed by atoms with E-state index in [-0.39, 0.29) is 10.9 Å². The molecule has 2 atom stereocenters. The van der Waals surface area contributed by atoms with Crippen LogP contribution in [-0.4, -0.2) is 26.3 Å². The Morgan fingerprint density at radius 1 is 1.29 bits per heavy atom. The van der Waals surface area contributed by atoms with Crippen molar-refractivity contribution in [2.75, 3.05) is 6.54 Å². The van der Waals surface area contributed by atoms with Crippen LogP contribution >= 0.6 is 0 Å². The van der Waals surface area contributed by atoms with Gasteiger partial charge in [-0.2, -0.15) is 0 Å². The first-order valence-electron chi connectivity index (χ1n) is 7.37. The van der Waals surface area contributed by atoms with Gasteiger partial charge in [-0.15, -0.1) is 0 Å². The minimum atomic E-state index is -3.75. The van der Waals surface area contributed by atoms with Gasteiger partial charge in [0, 0.05) is 12.1 Å². The average molecular weight is 317 g/mol. The maximum absolute atomic E-state index is 13.8. The molecule has 0 saturated heterocycles. The number of hydrogen-bond acceptors (Lipinski definition) is 3. The van der Waals surface area contributed by atoms with E-state index in [1.54, 1.807) is 0 Å². The molecule has 1 aromatic rings. The van der Waals surface area contributed by atoms with Crippen LogP contribution in [0.15, 0.2) is 23.1 Å². The van der Waals surface area contributed by atoms with Crippen LogP contribution < -0.4 is 5.32 Å². The molecule has 0 aromatic heterocycles. The van der Waals surface area contributed by atoms with Gasteiger partial charge in [0.2, 0.25) is 0 Å². The SMILES string of the molecule is CCCNC1CCCC(S(=O)(=O)c2ccc(F)cc2F)C1. The summed E-state index contributed by atoms with van der Waals surface area (Å²) in [6.45, 7) is 2.90. The third-order valence-corrected chi connectivity index (χ3v) is 6.20. The molecule has 0 amide bonds. The Morgan fingerprint density at radius 2 is 2.05 bits per heavy atom. The molecule has 1 fully saturated rings. The van der Waals surface area contributed by atoms with E-state index in [4.69, 9.17) is 0 Å². The fourth-order valence-corrected chi connectivity index (χ4v) is 4.76. The number of sulfone groups is 1. The predicted molar refractivity (Wildman–Crippen MR) is 77.9 cm³/mol. The molecule has 3 nitrogen and oxygen atoms in total. The molecule has 0 aliphatic heterocycles. The summed E-state index contributed by atoms with van der Waals surface area (Å²) in [4.78, 5) is -0.384. The summed E-state index contributed by atoms with van der Waals surface area (Å²) in [7, 11) is -3.75. The van der Waals surface area contributed by atoms with Crippen molar-refractivity contribution < 1.29 is 17.2 Å². The van der Waals surface area contributed by atoms with Crippen molar-refractivity contribution in [3.63, 3.8) is 0 Å². The normalized spacial score (nSPS) is 23.2. The third-order valence-electron chi connectivity index (χ3n) is 3.95. The van der Waals surface area contributed by atoms with Gasteiger partial charge in [-0.05, 0) is 44.4 Å². The van der Waals surface area contributed by atoms with Gasteiger partial charge >= 0.3 is 0 Å². The van der Waals surface area contributed by atoms with E-state index in [1.165, 1.54) is 0 Å². The minimum Gasteiger partial charge on any atom is -0.314 e. The smallest absolute Gasteiger partial charge is 0.184 e. The molecule has 6 heteroatoms. The molecular formula is C15H21F2NO2S. The highest BCUT2D eigenvalue weighted by Crippen LogP contribution is 2.30. The van der Waals surface area contributed by atoms with Crippen molar-refractivity contribution in [1.82, 2.24) is 5.32 Å². The highest BCUT2D eigenvalue weighted by molar-refractivity contribution is 7.92. The van der Waals surface area contributed by atoms with Gasteiger partial charge in [-0.3, -0.25) is 0 Å². The fourth-order valence-electron chi connectivity index (χ4n) is 2.85. The van der Waals surface area contributed by atoms with Crippen LogP contribution in [0.4, 0.5) is 8.78 Å². The summed E-state index contributed by atoms with van der Waals surface area (Å²) in [5, 5.41) is 2.73. The molecule has 0 spiro atoms. The van der Waals surface area contributed by atoms with E-state index in [2.05, 4.69) is 12.2 Å². The average Bonchev–Trinajstić information content (AvgIpc) is 2.45. The lowest BCUT2D eigenvalue weighted by molar-refractivity contribution is 0.371. The summed E-state index contributed by atoms with van der Waals surface area (Å²) in [5.74, 6) is -1.77. The van der Waals surface area contributed by atoms with Gasteiger partial charge in [0.05, 0.1) is 5.25 Å². The molecule has 21 heavy (non-hydrogen) atoms. The first-order chi connectivity index (χ1) is 9.95. The number of rotatable bonds is 5. The van der Waals surface area contributed by atoms with Crippen LogP contribution in [-0.2, 0) is 9.84 Å². The van der Waals surface area contributed by atoms with Crippen molar-refractivity contribution in [3.05, 3.63) is 29.8 Å². The highest BCUT2D eigenvalue weighted by Gasteiger charge is 2.34. The molecule has 2 unspecified atom stereocenters. The number of benzene rings is 1. The van der Waals surface area contributed by atoms with Gasteiger partial charge in [-0.25, -0.2) is 17.2 Å². The molecule has 1 aromatic carbocycles. The monoisotopic (exact) mass is 317 g/mol. The van der Waals surface area contributed by atoms with E-state index < -0.39 is 26.7 Å². The summed E-state index contributed by atoms with van der Waals surface area (Å²) >= 11 is 0. The molecule has 0 bridgehead atoms. The van der Waals surface area contributed by atoms with Gasteiger partial charge in [0.25, 0.3) is 0 Å². The Balaban J connectivity index is 2.18. The maximum Gasteiger partial charge on any atom is 0.184 e. The first-order valence-corrected chi connectivity index (χ1v) is 8.92. The Morgan fingerprint density at radius 3 is 2.71 bits per heavy atom. The second-order valence-electron chi connectivity index (χ2n) is 5.56. The zero-order valence-corrected chi connectivity index (χ0v) is 12.9.